The van der Waals surface area contributed by atoms with Gasteiger partial charge >= 0.3 is 12.1 Å². The molecule has 2 aromatic carbocycles. The Labute approximate surface area is 206 Å². The van der Waals surface area contributed by atoms with Crippen LogP contribution in [0.5, 0.6) is 0 Å². The van der Waals surface area contributed by atoms with E-state index < -0.39 is 24.0 Å². The summed E-state index contributed by atoms with van der Waals surface area (Å²) in [6, 6.07) is 15.5. The van der Waals surface area contributed by atoms with E-state index >= 15 is 0 Å². The molecule has 0 radical (unpaired) electrons. The molecule has 1 saturated carbocycles. The number of alkyl carbamates (subject to hydrolysis) is 1. The van der Waals surface area contributed by atoms with Crippen LogP contribution in [0.4, 0.5) is 4.79 Å². The first-order valence-corrected chi connectivity index (χ1v) is 12.6. The van der Waals surface area contributed by atoms with E-state index in [1.165, 1.54) is 0 Å². The molecule has 35 heavy (non-hydrogen) atoms. The molecule has 4 rings (SSSR count). The van der Waals surface area contributed by atoms with E-state index in [2.05, 4.69) is 34.9 Å². The predicted molar refractivity (Wildman–Crippen MR) is 133 cm³/mol. The van der Waals surface area contributed by atoms with Crippen LogP contribution >= 0.6 is 0 Å². The third-order valence-electron chi connectivity index (χ3n) is 7.29. The maximum absolute atomic E-state index is 12.8. The maximum Gasteiger partial charge on any atom is 0.407 e. The van der Waals surface area contributed by atoms with Crippen molar-refractivity contribution in [3.8, 4) is 11.1 Å². The van der Waals surface area contributed by atoms with Crippen molar-refractivity contribution in [1.82, 2.24) is 10.6 Å². The van der Waals surface area contributed by atoms with Crippen molar-refractivity contribution in [3.63, 3.8) is 0 Å². The van der Waals surface area contributed by atoms with Crippen molar-refractivity contribution >= 4 is 18.0 Å². The van der Waals surface area contributed by atoms with E-state index in [-0.39, 0.29) is 24.3 Å². The zero-order chi connectivity index (χ0) is 24.8. The normalized spacial score (nSPS) is 19.8. The molecule has 186 valence electrons. The molecule has 7 nitrogen and oxygen atoms in total. The van der Waals surface area contributed by atoms with Crippen LogP contribution in [0.2, 0.25) is 0 Å². The van der Waals surface area contributed by atoms with Crippen molar-refractivity contribution < 1.29 is 24.2 Å². The molecule has 2 aromatic rings. The number of nitrogens with one attached hydrogen (secondary N) is 2. The molecular formula is C28H34N2O5. The van der Waals surface area contributed by atoms with Crippen molar-refractivity contribution in [2.24, 2.45) is 11.8 Å². The fraction of sp³-hybridized carbons (Fsp3) is 0.464. The Bertz CT molecular complexity index is 1020. The molecule has 1 fully saturated rings. The number of carbonyl (C=O) groups is 3. The highest BCUT2D eigenvalue weighted by molar-refractivity contribution is 5.85. The number of carboxylic acids is 1. The monoisotopic (exact) mass is 478 g/mol. The Morgan fingerprint density at radius 2 is 1.63 bits per heavy atom. The zero-order valence-electron chi connectivity index (χ0n) is 20.2. The Balaban J connectivity index is 1.33. The number of hydrogen-bond donors (Lipinski definition) is 3. The maximum atomic E-state index is 12.8. The molecule has 7 heteroatoms. The highest BCUT2D eigenvalue weighted by atomic mass is 16.5. The van der Waals surface area contributed by atoms with E-state index in [1.54, 1.807) is 0 Å². The molecule has 3 N–H and O–H groups in total. The summed E-state index contributed by atoms with van der Waals surface area (Å²) in [5.74, 6) is -1.66. The molecule has 3 unspecified atom stereocenters. The average molecular weight is 479 g/mol. The van der Waals surface area contributed by atoms with Crippen LogP contribution in [-0.2, 0) is 14.3 Å². The quantitative estimate of drug-likeness (QED) is 0.485. The molecule has 0 heterocycles. The molecule has 0 spiro atoms. The minimum Gasteiger partial charge on any atom is -0.481 e. The minimum absolute atomic E-state index is 0.0501. The van der Waals surface area contributed by atoms with Crippen LogP contribution in [0, 0.1) is 11.8 Å². The first kappa shape index (κ1) is 24.8. The molecule has 0 saturated heterocycles. The number of rotatable bonds is 9. The molecular weight excluding hydrogens is 444 g/mol. The second-order valence-corrected chi connectivity index (χ2v) is 9.55. The zero-order valence-corrected chi connectivity index (χ0v) is 20.2. The lowest BCUT2D eigenvalue weighted by Gasteiger charge is -2.29. The van der Waals surface area contributed by atoms with Gasteiger partial charge in [0.1, 0.15) is 12.6 Å². The lowest BCUT2D eigenvalue weighted by atomic mass is 9.79. The second-order valence-electron chi connectivity index (χ2n) is 9.55. The Hall–Kier alpha value is -3.35. The summed E-state index contributed by atoms with van der Waals surface area (Å²) in [4.78, 5) is 37.1. The SMILES string of the molecule is CCCC(NC(=O)OCC1c2ccccc2-c2ccccc21)C(=O)NCC1CCCCC1C(=O)O. The van der Waals surface area contributed by atoms with Crippen LogP contribution in [0.3, 0.4) is 0 Å². The molecule has 2 aliphatic carbocycles. The smallest absolute Gasteiger partial charge is 0.407 e. The van der Waals surface area contributed by atoms with Gasteiger partial charge in [0, 0.05) is 12.5 Å². The van der Waals surface area contributed by atoms with E-state index in [1.807, 2.05) is 31.2 Å². The molecule has 2 amide bonds. The Morgan fingerprint density at radius 1 is 1.00 bits per heavy atom. The van der Waals surface area contributed by atoms with Crippen LogP contribution in [0.25, 0.3) is 11.1 Å². The number of ether oxygens (including phenoxy) is 1. The molecule has 0 aromatic heterocycles. The van der Waals surface area contributed by atoms with Crippen molar-refractivity contribution in [2.45, 2.75) is 57.4 Å². The number of carboxylic acid groups (broad SMARTS) is 1. The van der Waals surface area contributed by atoms with Gasteiger partial charge < -0.3 is 20.5 Å². The summed E-state index contributed by atoms with van der Waals surface area (Å²) in [7, 11) is 0. The second kappa shape index (κ2) is 11.4. The average Bonchev–Trinajstić information content (AvgIpc) is 3.19. The van der Waals surface area contributed by atoms with Gasteiger partial charge in [0.05, 0.1) is 5.92 Å². The molecule has 0 aliphatic heterocycles. The van der Waals surface area contributed by atoms with Gasteiger partial charge in [0.25, 0.3) is 0 Å². The molecule has 3 atom stereocenters. The lowest BCUT2D eigenvalue weighted by molar-refractivity contribution is -0.145. The predicted octanol–water partition coefficient (Wildman–Crippen LogP) is 4.70. The van der Waals surface area contributed by atoms with Crippen molar-refractivity contribution in [2.75, 3.05) is 13.2 Å². The van der Waals surface area contributed by atoms with Crippen molar-refractivity contribution in [1.29, 1.82) is 0 Å². The van der Waals surface area contributed by atoms with Crippen LogP contribution in [0.1, 0.15) is 62.5 Å². The fourth-order valence-electron chi connectivity index (χ4n) is 5.47. The number of carbonyl (C=O) groups excluding carboxylic acids is 2. The topological polar surface area (TPSA) is 105 Å². The molecule has 2 aliphatic rings. The van der Waals surface area contributed by atoms with Crippen LogP contribution in [-0.4, -0.2) is 42.3 Å². The van der Waals surface area contributed by atoms with Gasteiger partial charge in [-0.05, 0) is 47.4 Å². The summed E-state index contributed by atoms with van der Waals surface area (Å²) in [5, 5.41) is 15.1. The Morgan fingerprint density at radius 3 is 2.26 bits per heavy atom. The largest absolute Gasteiger partial charge is 0.481 e. The van der Waals surface area contributed by atoms with Crippen LogP contribution < -0.4 is 10.6 Å². The van der Waals surface area contributed by atoms with E-state index in [9.17, 15) is 19.5 Å². The number of amides is 2. The van der Waals surface area contributed by atoms with E-state index in [4.69, 9.17) is 4.74 Å². The van der Waals surface area contributed by atoms with E-state index in [0.717, 1.165) is 41.5 Å². The first-order chi connectivity index (χ1) is 17.0. The fourth-order valence-corrected chi connectivity index (χ4v) is 5.47. The Kier molecular flexibility index (Phi) is 8.06. The summed E-state index contributed by atoms with van der Waals surface area (Å²) < 4.78 is 5.60. The van der Waals surface area contributed by atoms with Gasteiger partial charge in [0.2, 0.25) is 5.91 Å². The third-order valence-corrected chi connectivity index (χ3v) is 7.29. The van der Waals surface area contributed by atoms with Gasteiger partial charge in [-0.3, -0.25) is 9.59 Å². The summed E-state index contributed by atoms with van der Waals surface area (Å²) >= 11 is 0. The van der Waals surface area contributed by atoms with Gasteiger partial charge in [-0.2, -0.15) is 0 Å². The van der Waals surface area contributed by atoms with Gasteiger partial charge in [0.15, 0.2) is 0 Å². The number of fused-ring (bicyclic) bond motifs is 3. The lowest BCUT2D eigenvalue weighted by Crippen LogP contribution is -2.49. The van der Waals surface area contributed by atoms with E-state index in [0.29, 0.717) is 25.8 Å². The highest BCUT2D eigenvalue weighted by Crippen LogP contribution is 2.44. The number of hydrogen-bond acceptors (Lipinski definition) is 4. The number of aliphatic carboxylic acids is 1. The molecule has 0 bridgehead atoms. The summed E-state index contributed by atoms with van der Waals surface area (Å²) in [5.41, 5.74) is 4.57. The third kappa shape index (κ3) is 5.66. The van der Waals surface area contributed by atoms with Gasteiger partial charge in [-0.15, -0.1) is 0 Å². The first-order valence-electron chi connectivity index (χ1n) is 12.6. The standard InChI is InChI=1S/C28H34N2O5/c1-2-9-25(26(31)29-16-18-10-3-4-11-19(18)27(32)33)30-28(34)35-17-24-22-14-7-5-12-20(22)21-13-6-8-15-23(21)24/h5-8,12-15,18-19,24-25H,2-4,9-11,16-17H2,1H3,(H,29,31)(H,30,34)(H,32,33). The highest BCUT2D eigenvalue weighted by Gasteiger charge is 2.32. The van der Waals surface area contributed by atoms with Gasteiger partial charge in [-0.1, -0.05) is 74.7 Å². The summed E-state index contributed by atoms with van der Waals surface area (Å²) in [6.45, 7) is 2.44. The van der Waals surface area contributed by atoms with Crippen molar-refractivity contribution in [3.05, 3.63) is 59.7 Å². The minimum atomic E-state index is -0.800. The van der Waals surface area contributed by atoms with Gasteiger partial charge in [-0.25, -0.2) is 4.79 Å². The van der Waals surface area contributed by atoms with Crippen LogP contribution in [0.15, 0.2) is 48.5 Å². The summed E-state index contributed by atoms with van der Waals surface area (Å²) in [6.07, 6.45) is 3.87. The number of benzene rings is 2.